The van der Waals surface area contributed by atoms with Gasteiger partial charge in [-0.05, 0) is 57.2 Å². The van der Waals surface area contributed by atoms with Crippen molar-refractivity contribution < 1.29 is 4.39 Å². The van der Waals surface area contributed by atoms with Gasteiger partial charge in [-0.3, -0.25) is 0 Å². The number of rotatable bonds is 4. The molecule has 4 nitrogen and oxygen atoms in total. The van der Waals surface area contributed by atoms with E-state index >= 15 is 0 Å². The van der Waals surface area contributed by atoms with E-state index in [9.17, 15) is 4.39 Å². The van der Waals surface area contributed by atoms with Crippen molar-refractivity contribution in [2.75, 3.05) is 0 Å². The third kappa shape index (κ3) is 4.28. The van der Waals surface area contributed by atoms with Crippen LogP contribution >= 0.6 is 11.8 Å². The predicted molar refractivity (Wildman–Crippen MR) is 82.9 cm³/mol. The molecule has 1 aromatic carbocycles. The Morgan fingerprint density at radius 1 is 1.29 bits per heavy atom. The molecule has 0 bridgehead atoms. The maximum Gasteiger partial charge on any atom is 0.195 e. The Labute approximate surface area is 129 Å². The number of aryl methyl sites for hydroxylation is 1. The maximum absolute atomic E-state index is 14.2. The zero-order valence-corrected chi connectivity index (χ0v) is 13.9. The van der Waals surface area contributed by atoms with E-state index in [0.717, 1.165) is 11.4 Å². The van der Waals surface area contributed by atoms with Crippen molar-refractivity contribution in [3.05, 3.63) is 35.4 Å². The van der Waals surface area contributed by atoms with Gasteiger partial charge in [0.1, 0.15) is 11.6 Å². The van der Waals surface area contributed by atoms with Crippen LogP contribution in [0.2, 0.25) is 0 Å². The van der Waals surface area contributed by atoms with Crippen molar-refractivity contribution in [3.63, 3.8) is 0 Å². The van der Waals surface area contributed by atoms with Gasteiger partial charge in [0.15, 0.2) is 5.16 Å². The van der Waals surface area contributed by atoms with Crippen LogP contribution in [0.15, 0.2) is 28.3 Å². The normalized spacial score (nSPS) is 11.9. The van der Waals surface area contributed by atoms with E-state index in [1.807, 2.05) is 24.6 Å². The highest BCUT2D eigenvalue weighted by Crippen LogP contribution is 2.29. The second-order valence-electron chi connectivity index (χ2n) is 6.06. The monoisotopic (exact) mass is 308 g/mol. The molecule has 0 saturated heterocycles. The van der Waals surface area contributed by atoms with Gasteiger partial charge in [-0.15, -0.1) is 10.2 Å². The molecule has 21 heavy (non-hydrogen) atoms. The van der Waals surface area contributed by atoms with Gasteiger partial charge in [0.2, 0.25) is 0 Å². The molecule has 0 aliphatic rings. The van der Waals surface area contributed by atoms with Crippen molar-refractivity contribution in [1.29, 1.82) is 0 Å². The fraction of sp³-hybridized carbons (Fsp3) is 0.467. The van der Waals surface area contributed by atoms with E-state index < -0.39 is 0 Å². The molecule has 0 unspecified atom stereocenters. The Balaban J connectivity index is 2.11. The van der Waals surface area contributed by atoms with Crippen molar-refractivity contribution in [2.24, 2.45) is 7.05 Å². The van der Waals surface area contributed by atoms with Gasteiger partial charge in [-0.25, -0.2) is 4.39 Å². The van der Waals surface area contributed by atoms with Gasteiger partial charge >= 0.3 is 0 Å². The zero-order valence-electron chi connectivity index (χ0n) is 13.1. The van der Waals surface area contributed by atoms with Crippen LogP contribution in [0.1, 0.15) is 32.2 Å². The number of benzene rings is 1. The zero-order chi connectivity index (χ0) is 15.6. The van der Waals surface area contributed by atoms with E-state index in [1.54, 1.807) is 12.1 Å². The van der Waals surface area contributed by atoms with E-state index in [0.29, 0.717) is 16.6 Å². The summed E-state index contributed by atoms with van der Waals surface area (Å²) in [5.41, 5.74) is 0.945. The van der Waals surface area contributed by atoms with Crippen LogP contribution < -0.4 is 5.32 Å². The molecule has 0 fully saturated rings. The van der Waals surface area contributed by atoms with E-state index in [2.05, 4.69) is 36.3 Å². The van der Waals surface area contributed by atoms with Crippen LogP contribution in [-0.4, -0.2) is 20.3 Å². The van der Waals surface area contributed by atoms with Crippen molar-refractivity contribution >= 4 is 11.8 Å². The number of hydrogen-bond acceptors (Lipinski definition) is 4. The van der Waals surface area contributed by atoms with Gasteiger partial charge in [0, 0.05) is 19.1 Å². The summed E-state index contributed by atoms with van der Waals surface area (Å²) in [5, 5.41) is 12.0. The number of hydrogen-bond donors (Lipinski definition) is 1. The minimum absolute atomic E-state index is 0.0139. The molecule has 1 N–H and O–H groups in total. The molecule has 0 radical (unpaired) electrons. The highest BCUT2D eigenvalue weighted by atomic mass is 32.2. The third-order valence-corrected chi connectivity index (χ3v) is 4.16. The minimum Gasteiger partial charge on any atom is -0.309 e. The summed E-state index contributed by atoms with van der Waals surface area (Å²) in [5.74, 6) is 0.581. The third-order valence-electron chi connectivity index (χ3n) is 3.07. The molecule has 0 amide bonds. The number of aromatic nitrogens is 3. The molecule has 0 saturated carbocycles. The molecule has 2 rings (SSSR count). The second-order valence-corrected chi connectivity index (χ2v) is 7.07. The lowest BCUT2D eigenvalue weighted by Crippen LogP contribution is -2.35. The van der Waals surface area contributed by atoms with Gasteiger partial charge < -0.3 is 9.88 Å². The Hall–Kier alpha value is -1.40. The summed E-state index contributed by atoms with van der Waals surface area (Å²) in [4.78, 5) is 0.560. The van der Waals surface area contributed by atoms with Gasteiger partial charge in [-0.2, -0.15) is 0 Å². The summed E-state index contributed by atoms with van der Waals surface area (Å²) >= 11 is 1.29. The SMILES string of the molecule is Cc1nnc(Sc2ccc(CNC(C)(C)C)cc2F)n1C. The van der Waals surface area contributed by atoms with Crippen LogP contribution in [0, 0.1) is 12.7 Å². The number of nitrogens with zero attached hydrogens (tertiary/aromatic N) is 3. The molecule has 0 spiro atoms. The first-order chi connectivity index (χ1) is 9.76. The Morgan fingerprint density at radius 2 is 2.00 bits per heavy atom. The van der Waals surface area contributed by atoms with Crippen molar-refractivity contribution in [1.82, 2.24) is 20.1 Å². The van der Waals surface area contributed by atoms with Crippen LogP contribution in [0.4, 0.5) is 4.39 Å². The van der Waals surface area contributed by atoms with Crippen LogP contribution in [0.5, 0.6) is 0 Å². The van der Waals surface area contributed by atoms with Crippen molar-refractivity contribution in [2.45, 2.75) is 49.8 Å². The summed E-state index contributed by atoms with van der Waals surface area (Å²) in [7, 11) is 1.87. The molecule has 1 aromatic heterocycles. The molecule has 2 aromatic rings. The lowest BCUT2D eigenvalue weighted by atomic mass is 10.1. The van der Waals surface area contributed by atoms with E-state index in [4.69, 9.17) is 0 Å². The highest BCUT2D eigenvalue weighted by Gasteiger charge is 2.12. The molecule has 0 aliphatic heterocycles. The largest absolute Gasteiger partial charge is 0.309 e. The predicted octanol–water partition coefficient (Wildman–Crippen LogP) is 3.30. The first-order valence-electron chi connectivity index (χ1n) is 6.83. The Bertz CT molecular complexity index is 631. The first-order valence-corrected chi connectivity index (χ1v) is 7.65. The number of halogens is 1. The average Bonchev–Trinajstić information content (AvgIpc) is 2.70. The van der Waals surface area contributed by atoms with Crippen LogP contribution in [-0.2, 0) is 13.6 Å². The smallest absolute Gasteiger partial charge is 0.195 e. The molecule has 0 aliphatic carbocycles. The average molecular weight is 308 g/mol. The second kappa shape index (κ2) is 6.15. The quantitative estimate of drug-likeness (QED) is 0.941. The van der Waals surface area contributed by atoms with Crippen LogP contribution in [0.25, 0.3) is 0 Å². The minimum atomic E-state index is -0.228. The first kappa shape index (κ1) is 16.0. The van der Waals surface area contributed by atoms with Crippen LogP contribution in [0.3, 0.4) is 0 Å². The fourth-order valence-corrected chi connectivity index (χ4v) is 2.52. The van der Waals surface area contributed by atoms with Gasteiger partial charge in [0.25, 0.3) is 0 Å². The highest BCUT2D eigenvalue weighted by molar-refractivity contribution is 7.99. The molecule has 0 atom stereocenters. The summed E-state index contributed by atoms with van der Waals surface area (Å²) in [6, 6.07) is 5.31. The lowest BCUT2D eigenvalue weighted by Gasteiger charge is -2.20. The number of nitrogens with one attached hydrogen (secondary N) is 1. The molecular formula is C15H21FN4S. The standard InChI is InChI=1S/C15H21FN4S/c1-10-18-19-14(20(10)5)21-13-7-6-11(8-12(13)16)9-17-15(2,3)4/h6-8,17H,9H2,1-5H3. The maximum atomic E-state index is 14.2. The Morgan fingerprint density at radius 3 is 2.52 bits per heavy atom. The topological polar surface area (TPSA) is 42.7 Å². The lowest BCUT2D eigenvalue weighted by molar-refractivity contribution is 0.423. The van der Waals surface area contributed by atoms with Gasteiger partial charge in [0.05, 0.1) is 4.90 Å². The molecule has 114 valence electrons. The fourth-order valence-electron chi connectivity index (χ4n) is 1.68. The molecular weight excluding hydrogens is 287 g/mol. The Kier molecular flexibility index (Phi) is 4.68. The summed E-state index contributed by atoms with van der Waals surface area (Å²) in [6.45, 7) is 8.78. The van der Waals surface area contributed by atoms with Gasteiger partial charge in [-0.1, -0.05) is 6.07 Å². The van der Waals surface area contributed by atoms with E-state index in [-0.39, 0.29) is 11.4 Å². The van der Waals surface area contributed by atoms with Crippen molar-refractivity contribution in [3.8, 4) is 0 Å². The summed E-state index contributed by atoms with van der Waals surface area (Å²) < 4.78 is 16.0. The molecule has 1 heterocycles. The van der Waals surface area contributed by atoms with E-state index in [1.165, 1.54) is 11.8 Å². The summed E-state index contributed by atoms with van der Waals surface area (Å²) in [6.07, 6.45) is 0. The molecule has 6 heteroatoms.